The molecule has 0 bridgehead atoms. The smallest absolute Gasteiger partial charge is 0.164 e. The van der Waals surface area contributed by atoms with Crippen LogP contribution in [0.2, 0.25) is 0 Å². The zero-order valence-electron chi connectivity index (χ0n) is 36.7. The van der Waals surface area contributed by atoms with Gasteiger partial charge in [0.2, 0.25) is 0 Å². The molecule has 0 amide bonds. The number of para-hydroxylation sites is 2. The maximum Gasteiger partial charge on any atom is 0.164 e. The topological polar surface area (TPSA) is 56.5 Å². The largest absolute Gasteiger partial charge is 0.309 e. The minimum absolute atomic E-state index is 0.611. The van der Waals surface area contributed by atoms with Crippen LogP contribution in [0, 0.1) is 0 Å². The number of fused-ring (bicyclic) bond motifs is 6. The van der Waals surface area contributed by atoms with Crippen LogP contribution in [0.15, 0.2) is 237 Å². The Labute approximate surface area is 397 Å². The van der Waals surface area contributed by atoms with Crippen molar-refractivity contribution in [2.24, 2.45) is 0 Å². The van der Waals surface area contributed by atoms with Gasteiger partial charge in [0.25, 0.3) is 0 Å². The first kappa shape index (κ1) is 39.5. The van der Waals surface area contributed by atoms with Crippen molar-refractivity contribution in [3.05, 3.63) is 237 Å². The van der Waals surface area contributed by atoms with E-state index in [4.69, 9.17) is 19.9 Å². The fourth-order valence-electron chi connectivity index (χ4n) is 9.65. The highest BCUT2D eigenvalue weighted by Gasteiger charge is 2.23. The zero-order valence-corrected chi connectivity index (χ0v) is 37.5. The van der Waals surface area contributed by atoms with Crippen molar-refractivity contribution in [2.45, 2.75) is 0 Å². The number of aromatic nitrogens is 5. The minimum Gasteiger partial charge on any atom is -0.309 e. The van der Waals surface area contributed by atoms with Gasteiger partial charge in [-0.2, -0.15) is 0 Å². The Kier molecular flexibility index (Phi) is 9.62. The molecule has 0 saturated heterocycles. The van der Waals surface area contributed by atoms with Crippen molar-refractivity contribution in [1.29, 1.82) is 0 Å². The highest BCUT2D eigenvalue weighted by molar-refractivity contribution is 7.23. The molecule has 0 spiro atoms. The van der Waals surface area contributed by atoms with E-state index >= 15 is 0 Å². The summed E-state index contributed by atoms with van der Waals surface area (Å²) in [5.41, 5.74) is 15.0. The molecule has 13 rings (SSSR count). The molecule has 0 aliphatic carbocycles. The molecule has 0 N–H and O–H groups in total. The van der Waals surface area contributed by atoms with Crippen LogP contribution in [0.4, 0.5) is 0 Å². The standard InChI is InChI=1S/C62H39N5S/c1-5-18-41(19-6-1)55-56-51-39-46(36-37-52(51)63-57(42-20-7-2-8-21-42)59(56)68-58(55)43-22-9-3-10-23-43)40-32-34-45(35-33-40)61-64-60(44-24-11-4-12-25-44)65-62(66-61)47-26-17-27-48(38-47)67-53-30-15-13-28-49(53)50-29-14-16-31-54(50)67/h1-39H. The fraction of sp³-hybridized carbons (Fsp3) is 0. The Morgan fingerprint density at radius 1 is 0.324 bits per heavy atom. The van der Waals surface area contributed by atoms with Crippen LogP contribution in [0.3, 0.4) is 0 Å². The normalized spacial score (nSPS) is 11.5. The monoisotopic (exact) mass is 885 g/mol. The van der Waals surface area contributed by atoms with Gasteiger partial charge in [0, 0.05) is 59.9 Å². The lowest BCUT2D eigenvalue weighted by Gasteiger charge is -2.12. The molecule has 5 nitrogen and oxygen atoms in total. The molecular weight excluding hydrogens is 847 g/mol. The van der Waals surface area contributed by atoms with E-state index in [0.717, 1.165) is 66.7 Å². The molecule has 68 heavy (non-hydrogen) atoms. The third-order valence-corrected chi connectivity index (χ3v) is 14.1. The third kappa shape index (κ3) is 6.86. The molecule has 0 atom stereocenters. The Morgan fingerprint density at radius 3 is 1.44 bits per heavy atom. The minimum atomic E-state index is 0.611. The average molecular weight is 886 g/mol. The van der Waals surface area contributed by atoms with Crippen molar-refractivity contribution in [3.63, 3.8) is 0 Å². The summed E-state index contributed by atoms with van der Waals surface area (Å²) in [6.07, 6.45) is 0. The number of benzene rings is 9. The molecule has 0 fully saturated rings. The first-order valence-corrected chi connectivity index (χ1v) is 23.6. The van der Waals surface area contributed by atoms with E-state index in [9.17, 15) is 0 Å². The second-order valence-electron chi connectivity index (χ2n) is 17.0. The zero-order chi connectivity index (χ0) is 45.0. The number of rotatable bonds is 8. The summed E-state index contributed by atoms with van der Waals surface area (Å²) in [5, 5.41) is 4.78. The van der Waals surface area contributed by atoms with Gasteiger partial charge in [0.1, 0.15) is 0 Å². The summed E-state index contributed by atoms with van der Waals surface area (Å²) in [6.45, 7) is 0. The second-order valence-corrected chi connectivity index (χ2v) is 18.0. The Balaban J connectivity index is 0.938. The predicted octanol–water partition coefficient (Wildman–Crippen LogP) is 16.4. The van der Waals surface area contributed by atoms with E-state index in [1.54, 1.807) is 0 Å². The number of hydrogen-bond donors (Lipinski definition) is 0. The van der Waals surface area contributed by atoms with Gasteiger partial charge in [-0.3, -0.25) is 0 Å². The van der Waals surface area contributed by atoms with E-state index < -0.39 is 0 Å². The summed E-state index contributed by atoms with van der Waals surface area (Å²) in [5.74, 6) is 1.85. The summed E-state index contributed by atoms with van der Waals surface area (Å²) < 4.78 is 3.50. The first-order valence-electron chi connectivity index (χ1n) is 22.8. The van der Waals surface area contributed by atoms with Gasteiger partial charge >= 0.3 is 0 Å². The van der Waals surface area contributed by atoms with Crippen molar-refractivity contribution < 1.29 is 0 Å². The van der Waals surface area contributed by atoms with Gasteiger partial charge in [0.15, 0.2) is 17.5 Å². The second kappa shape index (κ2) is 16.5. The van der Waals surface area contributed by atoms with Crippen LogP contribution in [0.5, 0.6) is 0 Å². The Morgan fingerprint density at radius 2 is 0.809 bits per heavy atom. The lowest BCUT2D eigenvalue weighted by molar-refractivity contribution is 1.07. The number of pyridine rings is 1. The highest BCUT2D eigenvalue weighted by Crippen LogP contribution is 2.50. The van der Waals surface area contributed by atoms with Crippen LogP contribution in [-0.2, 0) is 0 Å². The van der Waals surface area contributed by atoms with Gasteiger partial charge in [-0.15, -0.1) is 11.3 Å². The molecule has 0 aliphatic rings. The molecule has 4 aromatic heterocycles. The van der Waals surface area contributed by atoms with E-state index in [0.29, 0.717) is 17.5 Å². The Bertz CT molecular complexity index is 3940. The molecule has 0 saturated carbocycles. The molecule has 0 radical (unpaired) electrons. The summed E-state index contributed by atoms with van der Waals surface area (Å²) >= 11 is 1.83. The lowest BCUT2D eigenvalue weighted by atomic mass is 9.94. The number of hydrogen-bond acceptors (Lipinski definition) is 5. The van der Waals surface area contributed by atoms with Gasteiger partial charge in [-0.05, 0) is 58.7 Å². The van der Waals surface area contributed by atoms with E-state index in [2.05, 4.69) is 211 Å². The van der Waals surface area contributed by atoms with Crippen molar-refractivity contribution >= 4 is 54.1 Å². The van der Waals surface area contributed by atoms with Gasteiger partial charge in [-0.1, -0.05) is 200 Å². The lowest BCUT2D eigenvalue weighted by Crippen LogP contribution is -2.01. The molecule has 6 heteroatoms. The summed E-state index contributed by atoms with van der Waals surface area (Å²) in [4.78, 5) is 22.0. The average Bonchev–Trinajstić information content (AvgIpc) is 3.99. The Hall–Kier alpha value is -8.84. The van der Waals surface area contributed by atoms with Crippen LogP contribution < -0.4 is 0 Å². The molecular formula is C62H39N5S. The van der Waals surface area contributed by atoms with Crippen LogP contribution >= 0.6 is 11.3 Å². The van der Waals surface area contributed by atoms with Gasteiger partial charge < -0.3 is 4.57 Å². The van der Waals surface area contributed by atoms with Crippen molar-refractivity contribution in [1.82, 2.24) is 24.5 Å². The van der Waals surface area contributed by atoms with Crippen LogP contribution in [0.1, 0.15) is 0 Å². The fourth-order valence-corrected chi connectivity index (χ4v) is 11.0. The summed E-state index contributed by atoms with van der Waals surface area (Å²) in [6, 6.07) is 83.2. The molecule has 4 heterocycles. The summed E-state index contributed by atoms with van der Waals surface area (Å²) in [7, 11) is 0. The van der Waals surface area contributed by atoms with E-state index in [-0.39, 0.29) is 0 Å². The predicted molar refractivity (Wildman–Crippen MR) is 283 cm³/mol. The number of thiophene rings is 1. The molecule has 0 aliphatic heterocycles. The van der Waals surface area contributed by atoms with Crippen LogP contribution in [0.25, 0.3) is 127 Å². The highest BCUT2D eigenvalue weighted by atomic mass is 32.1. The molecule has 318 valence electrons. The molecule has 13 aromatic rings. The van der Waals surface area contributed by atoms with Gasteiger partial charge in [0.05, 0.1) is 26.9 Å². The van der Waals surface area contributed by atoms with Gasteiger partial charge in [-0.25, -0.2) is 19.9 Å². The SMILES string of the molecule is c1ccc(-c2nc(-c3ccc(-c4ccc5nc(-c6ccccc6)c6sc(-c7ccccc7)c(-c7ccccc7)c6c5c4)cc3)nc(-c3cccc(-n4c5ccccc5c5ccccc54)c3)n2)cc1. The number of nitrogens with zero attached hydrogens (tertiary/aromatic N) is 5. The molecule has 0 unspecified atom stereocenters. The van der Waals surface area contributed by atoms with E-state index in [1.807, 2.05) is 41.7 Å². The third-order valence-electron chi connectivity index (χ3n) is 12.9. The molecule has 9 aromatic carbocycles. The van der Waals surface area contributed by atoms with Crippen molar-refractivity contribution in [2.75, 3.05) is 0 Å². The first-order chi connectivity index (χ1) is 33.7. The van der Waals surface area contributed by atoms with Crippen LogP contribution in [-0.4, -0.2) is 24.5 Å². The van der Waals surface area contributed by atoms with Crippen molar-refractivity contribution in [3.8, 4) is 83.8 Å². The quantitative estimate of drug-likeness (QED) is 0.153. The van der Waals surface area contributed by atoms with E-state index in [1.165, 1.54) is 42.4 Å². The maximum absolute atomic E-state index is 5.40. The maximum atomic E-state index is 5.40.